The minimum absolute atomic E-state index is 0.0403. The van der Waals surface area contributed by atoms with Crippen LogP contribution in [0.3, 0.4) is 0 Å². The number of aliphatic carboxylic acids is 1. The Morgan fingerprint density at radius 2 is 1.83 bits per heavy atom. The Labute approximate surface area is 167 Å². The van der Waals surface area contributed by atoms with Gasteiger partial charge in [0.15, 0.2) is 17.4 Å². The van der Waals surface area contributed by atoms with E-state index in [9.17, 15) is 33.0 Å². The highest BCUT2D eigenvalue weighted by Crippen LogP contribution is 2.39. The van der Waals surface area contributed by atoms with E-state index in [2.05, 4.69) is 0 Å². The van der Waals surface area contributed by atoms with Gasteiger partial charge in [-0.05, 0) is 37.1 Å². The van der Waals surface area contributed by atoms with Crippen molar-refractivity contribution in [3.8, 4) is 5.75 Å². The molecule has 0 bridgehead atoms. The first-order valence-electron chi connectivity index (χ1n) is 8.54. The summed E-state index contributed by atoms with van der Waals surface area (Å²) in [4.78, 5) is 24.7. The number of phenols is 1. The van der Waals surface area contributed by atoms with Crippen LogP contribution in [0.4, 0.5) is 13.2 Å². The van der Waals surface area contributed by atoms with Crippen molar-refractivity contribution in [2.75, 3.05) is 0 Å². The van der Waals surface area contributed by atoms with Crippen molar-refractivity contribution in [1.82, 2.24) is 4.57 Å². The minimum atomic E-state index is -1.37. The first-order chi connectivity index (χ1) is 13.6. The molecule has 0 aliphatic rings. The molecular formula is C20H15ClF3NO4. The molecule has 0 spiro atoms. The van der Waals surface area contributed by atoms with Gasteiger partial charge in [0.1, 0.15) is 5.82 Å². The van der Waals surface area contributed by atoms with Crippen LogP contribution in [0.2, 0.25) is 5.02 Å². The summed E-state index contributed by atoms with van der Waals surface area (Å²) in [5.74, 6) is -8.15. The van der Waals surface area contributed by atoms with Crippen LogP contribution in [-0.2, 0) is 4.79 Å². The lowest BCUT2D eigenvalue weighted by atomic mass is 9.93. The molecule has 0 saturated carbocycles. The number of halogens is 4. The highest BCUT2D eigenvalue weighted by atomic mass is 35.5. The van der Waals surface area contributed by atoms with Crippen molar-refractivity contribution in [1.29, 1.82) is 0 Å². The van der Waals surface area contributed by atoms with E-state index in [4.69, 9.17) is 11.6 Å². The Kier molecular flexibility index (Phi) is 5.32. The number of nitrogens with zero attached hydrogens (tertiary/aromatic N) is 1. The number of carboxylic acids is 1. The van der Waals surface area contributed by atoms with Gasteiger partial charge in [0, 0.05) is 22.7 Å². The van der Waals surface area contributed by atoms with E-state index in [0.29, 0.717) is 0 Å². The molecule has 1 heterocycles. The monoisotopic (exact) mass is 425 g/mol. The van der Waals surface area contributed by atoms with E-state index in [1.807, 2.05) is 0 Å². The minimum Gasteiger partial charge on any atom is -0.503 e. The lowest BCUT2D eigenvalue weighted by molar-refractivity contribution is -0.138. The average Bonchev–Trinajstić information content (AvgIpc) is 2.94. The highest BCUT2D eigenvalue weighted by molar-refractivity contribution is 6.30. The number of aromatic hydroxyl groups is 1. The van der Waals surface area contributed by atoms with Crippen LogP contribution in [0.5, 0.6) is 5.75 Å². The van der Waals surface area contributed by atoms with Crippen LogP contribution >= 0.6 is 11.6 Å². The number of hydrogen-bond donors (Lipinski definition) is 2. The van der Waals surface area contributed by atoms with Crippen molar-refractivity contribution in [2.24, 2.45) is 0 Å². The number of aromatic nitrogens is 1. The number of fused-ring (bicyclic) bond motifs is 1. The van der Waals surface area contributed by atoms with E-state index < -0.39 is 41.0 Å². The summed E-state index contributed by atoms with van der Waals surface area (Å²) in [5, 5.41) is 18.6. The quantitative estimate of drug-likeness (QED) is 0.617. The maximum Gasteiger partial charge on any atom is 0.311 e. The Balaban J connectivity index is 2.41. The predicted octanol–water partition coefficient (Wildman–Crippen LogP) is 4.99. The normalized spacial score (nSPS) is 12.3. The van der Waals surface area contributed by atoms with Crippen LogP contribution < -0.4 is 0 Å². The number of carbonyl (C=O) groups is 2. The molecule has 0 saturated heterocycles. The third-order valence-corrected chi connectivity index (χ3v) is 5.14. The van der Waals surface area contributed by atoms with Gasteiger partial charge in [-0.3, -0.25) is 14.2 Å². The van der Waals surface area contributed by atoms with Gasteiger partial charge in [-0.2, -0.15) is 0 Å². The van der Waals surface area contributed by atoms with Crippen molar-refractivity contribution in [3.05, 3.63) is 63.6 Å². The number of carbonyl (C=O) groups excluding carboxylic acids is 1. The summed E-state index contributed by atoms with van der Waals surface area (Å²) in [5.41, 5.74) is -0.454. The molecule has 152 valence electrons. The first kappa shape index (κ1) is 20.7. The molecular weight excluding hydrogens is 411 g/mol. The van der Waals surface area contributed by atoms with E-state index in [0.717, 1.165) is 22.8 Å². The standard InChI is InChI=1S/C20H15ClF3NO4/c1-3-10(20(28)29)15-8(2)25(14-7-13(23)18(26)17(24)16(14)15)19(27)9-4-5-11(21)12(22)6-9/h4-7,10,26H,3H2,1-2H3,(H,28,29)/t10-/m0/s1. The molecule has 3 rings (SSSR count). The lowest BCUT2D eigenvalue weighted by Gasteiger charge is -2.12. The Hall–Kier alpha value is -3.00. The molecule has 3 aromatic rings. The smallest absolute Gasteiger partial charge is 0.311 e. The van der Waals surface area contributed by atoms with Crippen molar-refractivity contribution in [2.45, 2.75) is 26.2 Å². The number of carboxylic acid groups (broad SMARTS) is 1. The summed E-state index contributed by atoms with van der Waals surface area (Å²) in [6, 6.07) is 4.01. The molecule has 2 N–H and O–H groups in total. The van der Waals surface area contributed by atoms with Crippen LogP contribution in [-0.4, -0.2) is 26.7 Å². The predicted molar refractivity (Wildman–Crippen MR) is 100 cm³/mol. The fraction of sp³-hybridized carbons (Fsp3) is 0.200. The van der Waals surface area contributed by atoms with E-state index in [1.54, 1.807) is 6.92 Å². The lowest BCUT2D eigenvalue weighted by Crippen LogP contribution is -2.16. The largest absolute Gasteiger partial charge is 0.503 e. The Morgan fingerprint density at radius 3 is 2.38 bits per heavy atom. The molecule has 1 aromatic heterocycles. The molecule has 9 heteroatoms. The third kappa shape index (κ3) is 3.23. The number of hydrogen-bond acceptors (Lipinski definition) is 3. The third-order valence-electron chi connectivity index (χ3n) is 4.83. The molecule has 29 heavy (non-hydrogen) atoms. The van der Waals surface area contributed by atoms with E-state index in [1.165, 1.54) is 13.0 Å². The maximum atomic E-state index is 14.8. The van der Waals surface area contributed by atoms with Crippen molar-refractivity contribution < 1.29 is 33.0 Å². The van der Waals surface area contributed by atoms with E-state index in [-0.39, 0.29) is 39.2 Å². The second-order valence-corrected chi connectivity index (χ2v) is 6.89. The summed E-state index contributed by atoms with van der Waals surface area (Å²) in [6.07, 6.45) is 0.0522. The van der Waals surface area contributed by atoms with Crippen molar-refractivity contribution >= 4 is 34.4 Å². The van der Waals surface area contributed by atoms with Crippen LogP contribution in [0.1, 0.15) is 40.9 Å². The fourth-order valence-electron chi connectivity index (χ4n) is 3.46. The van der Waals surface area contributed by atoms with Gasteiger partial charge in [0.2, 0.25) is 0 Å². The van der Waals surface area contributed by atoms with Gasteiger partial charge in [0.25, 0.3) is 5.91 Å². The molecule has 1 atom stereocenters. The van der Waals surface area contributed by atoms with Crippen LogP contribution in [0.25, 0.3) is 10.9 Å². The SMILES string of the molecule is CC[C@H](C(=O)O)c1c(C)n(C(=O)c2ccc(Cl)c(F)c2)c2cc(F)c(O)c(F)c12. The summed E-state index contributed by atoms with van der Waals surface area (Å²) in [6.45, 7) is 2.93. The maximum absolute atomic E-state index is 14.8. The molecule has 0 fully saturated rings. The van der Waals surface area contributed by atoms with E-state index >= 15 is 0 Å². The Morgan fingerprint density at radius 1 is 1.17 bits per heavy atom. The zero-order valence-electron chi connectivity index (χ0n) is 15.3. The van der Waals surface area contributed by atoms with Crippen LogP contribution in [0.15, 0.2) is 24.3 Å². The molecule has 0 unspecified atom stereocenters. The van der Waals surface area contributed by atoms with Crippen LogP contribution in [0, 0.1) is 24.4 Å². The average molecular weight is 426 g/mol. The van der Waals surface area contributed by atoms with Gasteiger partial charge in [0.05, 0.1) is 16.5 Å². The summed E-state index contributed by atoms with van der Waals surface area (Å²) < 4.78 is 43.5. The van der Waals surface area contributed by atoms with Crippen molar-refractivity contribution in [3.63, 3.8) is 0 Å². The zero-order chi connectivity index (χ0) is 21.6. The second kappa shape index (κ2) is 7.44. The molecule has 5 nitrogen and oxygen atoms in total. The number of phenolic OH excluding ortho intramolecular Hbond substituents is 1. The molecule has 0 aliphatic carbocycles. The number of benzene rings is 2. The van der Waals surface area contributed by atoms with Gasteiger partial charge in [-0.25, -0.2) is 13.2 Å². The zero-order valence-corrected chi connectivity index (χ0v) is 16.0. The Bertz CT molecular complexity index is 1170. The van der Waals surface area contributed by atoms with Gasteiger partial charge >= 0.3 is 5.97 Å². The topological polar surface area (TPSA) is 79.5 Å². The molecule has 2 aromatic carbocycles. The fourth-order valence-corrected chi connectivity index (χ4v) is 3.58. The summed E-state index contributed by atoms with van der Waals surface area (Å²) >= 11 is 5.63. The second-order valence-electron chi connectivity index (χ2n) is 6.48. The van der Waals surface area contributed by atoms with Gasteiger partial charge in [-0.15, -0.1) is 0 Å². The van der Waals surface area contributed by atoms with Gasteiger partial charge in [-0.1, -0.05) is 18.5 Å². The number of rotatable bonds is 4. The molecule has 0 radical (unpaired) electrons. The molecule has 0 aliphatic heterocycles. The first-order valence-corrected chi connectivity index (χ1v) is 8.92. The molecule has 0 amide bonds. The van der Waals surface area contributed by atoms with Gasteiger partial charge < -0.3 is 10.2 Å². The summed E-state index contributed by atoms with van der Waals surface area (Å²) in [7, 11) is 0. The highest BCUT2D eigenvalue weighted by Gasteiger charge is 2.32.